The number of oxime groups is 1. The first-order valence-electron chi connectivity index (χ1n) is 9.28. The smallest absolute Gasteiger partial charge is 0.143 e. The summed E-state index contributed by atoms with van der Waals surface area (Å²) in [5, 5.41) is 13.6. The lowest BCUT2D eigenvalue weighted by atomic mass is 9.95. The van der Waals surface area contributed by atoms with E-state index in [1.54, 1.807) is 0 Å². The van der Waals surface area contributed by atoms with Crippen molar-refractivity contribution in [1.29, 1.82) is 5.26 Å². The number of benzene rings is 2. The van der Waals surface area contributed by atoms with Crippen LogP contribution in [-0.2, 0) is 10.4 Å². The van der Waals surface area contributed by atoms with E-state index in [0.29, 0.717) is 12.2 Å². The standard InChI is InChI=1S/C22H23N3O2/c1-25(2)12-5-13-26-24-21-18-6-3-4-7-20(18)27-22(14-19(21)22)17-10-8-16(15-23)9-11-17/h3-4,6-11,19H,5,12-14H2,1-2H3. The molecule has 2 aromatic rings. The summed E-state index contributed by atoms with van der Waals surface area (Å²) in [5.41, 5.74) is 3.32. The molecule has 2 unspecified atom stereocenters. The maximum Gasteiger partial charge on any atom is 0.143 e. The minimum atomic E-state index is -0.395. The highest BCUT2D eigenvalue weighted by atomic mass is 16.6. The van der Waals surface area contributed by atoms with E-state index in [1.807, 2.05) is 48.5 Å². The molecule has 0 radical (unpaired) electrons. The monoisotopic (exact) mass is 361 g/mol. The number of rotatable bonds is 6. The lowest BCUT2D eigenvalue weighted by Crippen LogP contribution is -2.28. The van der Waals surface area contributed by atoms with Gasteiger partial charge in [-0.15, -0.1) is 0 Å². The molecule has 0 bridgehead atoms. The number of fused-ring (bicyclic) bond motifs is 2. The van der Waals surface area contributed by atoms with E-state index in [1.165, 1.54) is 0 Å². The summed E-state index contributed by atoms with van der Waals surface area (Å²) in [6.07, 6.45) is 1.81. The fraction of sp³-hybridized carbons (Fsp3) is 0.364. The van der Waals surface area contributed by atoms with Gasteiger partial charge in [0.15, 0.2) is 0 Å². The largest absolute Gasteiger partial charge is 0.481 e. The highest BCUT2D eigenvalue weighted by molar-refractivity contribution is 6.08. The van der Waals surface area contributed by atoms with Crippen LogP contribution in [0, 0.1) is 17.2 Å². The van der Waals surface area contributed by atoms with Gasteiger partial charge in [-0.05, 0) is 50.3 Å². The van der Waals surface area contributed by atoms with Crippen molar-refractivity contribution in [3.63, 3.8) is 0 Å². The van der Waals surface area contributed by atoms with Gasteiger partial charge in [0.1, 0.15) is 18.0 Å². The number of ether oxygens (including phenoxy) is 1. The third kappa shape index (κ3) is 3.29. The zero-order valence-electron chi connectivity index (χ0n) is 15.7. The molecule has 2 atom stereocenters. The van der Waals surface area contributed by atoms with Crippen LogP contribution >= 0.6 is 0 Å². The van der Waals surface area contributed by atoms with Crippen molar-refractivity contribution in [2.45, 2.75) is 18.4 Å². The third-order valence-electron chi connectivity index (χ3n) is 5.20. The van der Waals surface area contributed by atoms with Gasteiger partial charge in [-0.3, -0.25) is 0 Å². The van der Waals surface area contributed by atoms with Gasteiger partial charge in [0.05, 0.1) is 23.3 Å². The minimum Gasteiger partial charge on any atom is -0.481 e. The van der Waals surface area contributed by atoms with E-state index in [0.717, 1.165) is 42.0 Å². The molecule has 1 aliphatic carbocycles. The van der Waals surface area contributed by atoms with E-state index in [-0.39, 0.29) is 5.92 Å². The van der Waals surface area contributed by atoms with Gasteiger partial charge < -0.3 is 14.5 Å². The second-order valence-electron chi connectivity index (χ2n) is 7.40. The third-order valence-corrected chi connectivity index (χ3v) is 5.20. The van der Waals surface area contributed by atoms with Crippen LogP contribution in [0.2, 0.25) is 0 Å². The van der Waals surface area contributed by atoms with Gasteiger partial charge >= 0.3 is 0 Å². The van der Waals surface area contributed by atoms with Gasteiger partial charge in [0.25, 0.3) is 0 Å². The van der Waals surface area contributed by atoms with E-state index < -0.39 is 5.60 Å². The van der Waals surface area contributed by atoms with E-state index in [2.05, 4.69) is 30.2 Å². The number of hydrogen-bond acceptors (Lipinski definition) is 5. The Morgan fingerprint density at radius 2 is 2.00 bits per heavy atom. The lowest BCUT2D eigenvalue weighted by molar-refractivity contribution is 0.129. The zero-order valence-corrected chi connectivity index (χ0v) is 15.7. The molecule has 0 N–H and O–H groups in total. The fourth-order valence-electron chi connectivity index (χ4n) is 3.70. The highest BCUT2D eigenvalue weighted by Crippen LogP contribution is 2.60. The van der Waals surface area contributed by atoms with Crippen LogP contribution in [0.4, 0.5) is 0 Å². The van der Waals surface area contributed by atoms with Crippen LogP contribution in [0.1, 0.15) is 29.5 Å². The van der Waals surface area contributed by atoms with Crippen molar-refractivity contribution >= 4 is 5.71 Å². The molecule has 0 spiro atoms. The Labute approximate surface area is 159 Å². The Bertz CT molecular complexity index is 899. The summed E-state index contributed by atoms with van der Waals surface area (Å²) in [7, 11) is 4.10. The number of nitrogens with zero attached hydrogens (tertiary/aromatic N) is 3. The molecule has 27 heavy (non-hydrogen) atoms. The maximum atomic E-state index is 9.04. The van der Waals surface area contributed by atoms with Crippen LogP contribution in [-0.4, -0.2) is 37.9 Å². The summed E-state index contributed by atoms with van der Waals surface area (Å²) in [4.78, 5) is 7.79. The van der Waals surface area contributed by atoms with Crippen LogP contribution < -0.4 is 4.74 Å². The molecule has 0 saturated heterocycles. The van der Waals surface area contributed by atoms with Crippen molar-refractivity contribution in [2.24, 2.45) is 11.1 Å². The topological polar surface area (TPSA) is 57.9 Å². The fourth-order valence-corrected chi connectivity index (χ4v) is 3.70. The molecule has 0 aromatic heterocycles. The van der Waals surface area contributed by atoms with Gasteiger partial charge in [0.2, 0.25) is 0 Å². The molecule has 5 heteroatoms. The first-order valence-corrected chi connectivity index (χ1v) is 9.28. The Morgan fingerprint density at radius 1 is 1.22 bits per heavy atom. The predicted molar refractivity (Wildman–Crippen MR) is 104 cm³/mol. The average molecular weight is 361 g/mol. The Hall–Kier alpha value is -2.84. The maximum absolute atomic E-state index is 9.04. The van der Waals surface area contributed by atoms with Gasteiger partial charge in [-0.25, -0.2) is 0 Å². The van der Waals surface area contributed by atoms with E-state index >= 15 is 0 Å². The van der Waals surface area contributed by atoms with E-state index in [4.69, 9.17) is 14.8 Å². The normalized spacial score (nSPS) is 23.9. The summed E-state index contributed by atoms with van der Waals surface area (Å²) in [5.74, 6) is 1.01. The predicted octanol–water partition coefficient (Wildman–Crippen LogP) is 3.54. The minimum absolute atomic E-state index is 0.175. The molecule has 1 fully saturated rings. The Morgan fingerprint density at radius 3 is 2.74 bits per heavy atom. The number of para-hydroxylation sites is 1. The molecule has 5 nitrogen and oxygen atoms in total. The molecule has 1 heterocycles. The average Bonchev–Trinajstić information content (AvgIpc) is 3.42. The van der Waals surface area contributed by atoms with Crippen LogP contribution in [0.15, 0.2) is 53.7 Å². The second kappa shape index (κ2) is 7.05. The van der Waals surface area contributed by atoms with Crippen molar-refractivity contribution in [3.8, 4) is 11.8 Å². The molecule has 2 aliphatic rings. The molecule has 4 rings (SSSR count). The van der Waals surface area contributed by atoms with Crippen molar-refractivity contribution in [3.05, 3.63) is 65.2 Å². The summed E-state index contributed by atoms with van der Waals surface area (Å²) in [6.45, 7) is 1.57. The molecule has 138 valence electrons. The van der Waals surface area contributed by atoms with Crippen molar-refractivity contribution in [2.75, 3.05) is 27.2 Å². The van der Waals surface area contributed by atoms with Gasteiger partial charge in [-0.1, -0.05) is 29.4 Å². The summed E-state index contributed by atoms with van der Waals surface area (Å²) < 4.78 is 6.42. The van der Waals surface area contributed by atoms with Crippen LogP contribution in [0.25, 0.3) is 0 Å². The van der Waals surface area contributed by atoms with Gasteiger partial charge in [0, 0.05) is 18.5 Å². The molecule has 2 aromatic carbocycles. The van der Waals surface area contributed by atoms with E-state index in [9.17, 15) is 0 Å². The molecule has 0 amide bonds. The van der Waals surface area contributed by atoms with Gasteiger partial charge in [-0.2, -0.15) is 5.26 Å². The molecule has 1 saturated carbocycles. The highest BCUT2D eigenvalue weighted by Gasteiger charge is 2.64. The lowest BCUT2D eigenvalue weighted by Gasteiger charge is -2.27. The van der Waals surface area contributed by atoms with Crippen molar-refractivity contribution in [1.82, 2.24) is 4.90 Å². The van der Waals surface area contributed by atoms with Crippen LogP contribution in [0.5, 0.6) is 5.75 Å². The Kier molecular flexibility index (Phi) is 4.59. The first-order chi connectivity index (χ1) is 13.1. The SMILES string of the molecule is CN(C)CCCON=C1c2ccccc2OC2(c3ccc(C#N)cc3)CC12. The van der Waals surface area contributed by atoms with Crippen LogP contribution in [0.3, 0.4) is 0 Å². The molecular weight excluding hydrogens is 338 g/mol. The van der Waals surface area contributed by atoms with Crippen molar-refractivity contribution < 1.29 is 9.57 Å². The zero-order chi connectivity index (χ0) is 18.9. The molecule has 1 aliphatic heterocycles. The molecular formula is C22H23N3O2. The number of nitriles is 1. The summed E-state index contributed by atoms with van der Waals surface area (Å²) in [6, 6.07) is 17.8. The second-order valence-corrected chi connectivity index (χ2v) is 7.40. The number of hydrogen-bond donors (Lipinski definition) is 0. The summed E-state index contributed by atoms with van der Waals surface area (Å²) >= 11 is 0. The first kappa shape index (κ1) is 17.6. The quantitative estimate of drug-likeness (QED) is 0.583. The Balaban J connectivity index is 1.59.